The van der Waals surface area contributed by atoms with Crippen LogP contribution in [0.4, 0.5) is 0 Å². The highest BCUT2D eigenvalue weighted by Crippen LogP contribution is 2.66. The van der Waals surface area contributed by atoms with Crippen LogP contribution in [0.3, 0.4) is 0 Å². The lowest BCUT2D eigenvalue weighted by Gasteiger charge is -2.57. The molecule has 4 heterocycles. The highest BCUT2D eigenvalue weighted by molar-refractivity contribution is 5.85. The third kappa shape index (κ3) is 8.60. The smallest absolute Gasteiger partial charge is 0.331 e. The summed E-state index contributed by atoms with van der Waals surface area (Å²) in [5.41, 5.74) is 0.113. The van der Waals surface area contributed by atoms with E-state index < -0.39 is 79.4 Å². The van der Waals surface area contributed by atoms with Gasteiger partial charge in [-0.3, -0.25) is 0 Å². The first-order valence-electron chi connectivity index (χ1n) is 21.4. The number of aliphatic hydroxyl groups is 5. The normalized spacial score (nSPS) is 49.5. The van der Waals surface area contributed by atoms with Crippen molar-refractivity contribution in [3.8, 4) is 0 Å². The molecule has 7 rings (SSSR count). The lowest BCUT2D eigenvalue weighted by atomic mass is 9.51. The molecule has 3 saturated carbocycles. The maximum Gasteiger partial charge on any atom is 0.331 e. The maximum atomic E-state index is 12.4. The largest absolute Gasteiger partial charge is 0.458 e. The van der Waals surface area contributed by atoms with Crippen molar-refractivity contribution in [1.29, 1.82) is 0 Å². The van der Waals surface area contributed by atoms with E-state index in [1.165, 1.54) is 0 Å². The van der Waals surface area contributed by atoms with Crippen LogP contribution < -0.4 is 0 Å². The second-order valence-corrected chi connectivity index (χ2v) is 18.4. The molecule has 0 spiro atoms. The molecular formula is C42H68O13. The predicted molar refractivity (Wildman–Crippen MR) is 198 cm³/mol. The molecule has 0 aromatic rings. The summed E-state index contributed by atoms with van der Waals surface area (Å²) in [5.74, 6) is 1.18. The Labute approximate surface area is 326 Å². The minimum atomic E-state index is -0.997. The van der Waals surface area contributed by atoms with E-state index in [-0.39, 0.29) is 48.6 Å². The number of ether oxygens (including phenoxy) is 7. The zero-order valence-corrected chi connectivity index (χ0v) is 33.5. The molecule has 0 unspecified atom stereocenters. The molecular weight excluding hydrogens is 712 g/mol. The number of cyclic esters (lactones) is 1. The lowest BCUT2D eigenvalue weighted by Crippen LogP contribution is -2.57. The average Bonchev–Trinajstić information content (AvgIpc) is 3.68. The van der Waals surface area contributed by atoms with E-state index >= 15 is 0 Å². The molecule has 4 aliphatic heterocycles. The first kappa shape index (κ1) is 41.9. The second kappa shape index (κ2) is 17.2. The summed E-state index contributed by atoms with van der Waals surface area (Å²) in [5, 5.41) is 54.9. The Morgan fingerprint density at radius 1 is 0.818 bits per heavy atom. The number of carbonyl (C=O) groups is 1. The van der Waals surface area contributed by atoms with Gasteiger partial charge in [0.25, 0.3) is 0 Å². The van der Waals surface area contributed by atoms with Crippen molar-refractivity contribution in [2.24, 2.45) is 29.1 Å². The van der Waals surface area contributed by atoms with E-state index in [0.717, 1.165) is 76.2 Å². The van der Waals surface area contributed by atoms with Gasteiger partial charge < -0.3 is 58.7 Å². The molecule has 13 nitrogen and oxygen atoms in total. The van der Waals surface area contributed by atoms with Gasteiger partial charge in [0.15, 0.2) is 18.9 Å². The van der Waals surface area contributed by atoms with Crippen LogP contribution in [0.25, 0.3) is 0 Å². The van der Waals surface area contributed by atoms with Crippen LogP contribution in [0, 0.1) is 29.1 Å². The van der Waals surface area contributed by atoms with Gasteiger partial charge in [-0.15, -0.1) is 0 Å². The molecule has 0 amide bonds. The van der Waals surface area contributed by atoms with E-state index in [2.05, 4.69) is 13.8 Å². The standard InChI is InChI=1S/C42H68O13/c1-6-7-8-28(16-25-9-10-30-26(15-25)11-13-41(5)29(12-14-42(30,41)48)27-17-34(46)49-21-27)53-35-19-32(44)39(23(3)51-35)55-37-20-33(45)40(24(4)52-37)54-36-18-31(43)38(47)22(2)50-36/h17,22-26,28-33,35-40,43-45,47-48H,6-16,18-21H2,1-5H3/t22-,23-,24-,25+,26-,28+,29-,30-,31+,32+,33+,35+,36+,37+,38-,39-,40-,41-,42+/m1/s1. The molecule has 314 valence electrons. The highest BCUT2D eigenvalue weighted by atomic mass is 16.7. The predicted octanol–water partition coefficient (Wildman–Crippen LogP) is 4.03. The van der Waals surface area contributed by atoms with Gasteiger partial charge in [-0.1, -0.05) is 26.7 Å². The Morgan fingerprint density at radius 3 is 2.07 bits per heavy atom. The van der Waals surface area contributed by atoms with Gasteiger partial charge in [-0.2, -0.15) is 0 Å². The first-order valence-corrected chi connectivity index (χ1v) is 21.4. The minimum absolute atomic E-state index is 0.00173. The molecule has 13 heteroatoms. The quantitative estimate of drug-likeness (QED) is 0.179. The molecule has 19 atom stereocenters. The van der Waals surface area contributed by atoms with Crippen molar-refractivity contribution in [3.05, 3.63) is 11.6 Å². The SMILES string of the molecule is CCCC[C@@H](C[C@H]1CC[C@@H]2[C@H](CC[C@]3(C)[C@@H](C4=CC(=O)OC4)CC[C@]23O)C1)O[C@H]1C[C@H](O)[C@H](O[C@H]2C[C@H](O)[C@H](O[C@H]3C[C@H](O)[C@H](O)[C@@H](C)O3)[C@@H](C)O2)[C@@H](C)O1. The summed E-state index contributed by atoms with van der Waals surface area (Å²) in [6.45, 7) is 10.1. The van der Waals surface area contributed by atoms with Crippen LogP contribution in [0.1, 0.15) is 125 Å². The molecule has 0 radical (unpaired) electrons. The third-order valence-electron chi connectivity index (χ3n) is 14.8. The topological polar surface area (TPSA) is 183 Å². The van der Waals surface area contributed by atoms with Gasteiger partial charge in [-0.05, 0) is 108 Å². The summed E-state index contributed by atoms with van der Waals surface area (Å²) in [6, 6.07) is 0. The fourth-order valence-corrected chi connectivity index (χ4v) is 11.8. The summed E-state index contributed by atoms with van der Waals surface area (Å²) >= 11 is 0. The molecule has 0 aromatic carbocycles. The first-order chi connectivity index (χ1) is 26.2. The number of hydrogen-bond acceptors (Lipinski definition) is 13. The third-order valence-corrected chi connectivity index (χ3v) is 14.8. The molecule has 5 N–H and O–H groups in total. The Balaban J connectivity index is 0.896. The number of rotatable bonds is 12. The Morgan fingerprint density at radius 2 is 1.45 bits per heavy atom. The Hall–Kier alpha value is -1.23. The van der Waals surface area contributed by atoms with Gasteiger partial charge in [0.05, 0.1) is 48.3 Å². The van der Waals surface area contributed by atoms with Crippen molar-refractivity contribution in [1.82, 2.24) is 0 Å². The fraction of sp³-hybridized carbons (Fsp3) is 0.929. The number of aliphatic hydroxyl groups excluding tert-OH is 4. The van der Waals surface area contributed by atoms with E-state index in [4.69, 9.17) is 33.2 Å². The number of fused-ring (bicyclic) bond motifs is 3. The van der Waals surface area contributed by atoms with Crippen molar-refractivity contribution >= 4 is 5.97 Å². The van der Waals surface area contributed by atoms with Gasteiger partial charge in [0, 0.05) is 30.8 Å². The van der Waals surface area contributed by atoms with Gasteiger partial charge in [0.1, 0.15) is 24.9 Å². The van der Waals surface area contributed by atoms with Crippen molar-refractivity contribution < 1.29 is 63.5 Å². The maximum absolute atomic E-state index is 12.4. The van der Waals surface area contributed by atoms with Crippen LogP contribution >= 0.6 is 0 Å². The van der Waals surface area contributed by atoms with Crippen LogP contribution in [-0.2, 0) is 38.0 Å². The molecule has 3 saturated heterocycles. The van der Waals surface area contributed by atoms with E-state index in [0.29, 0.717) is 18.4 Å². The number of unbranched alkanes of at least 4 members (excludes halogenated alkanes) is 1. The molecule has 0 aromatic heterocycles. The summed E-state index contributed by atoms with van der Waals surface area (Å²) < 4.78 is 42.3. The second-order valence-electron chi connectivity index (χ2n) is 18.4. The molecule has 0 bridgehead atoms. The van der Waals surface area contributed by atoms with Crippen molar-refractivity contribution in [2.45, 2.75) is 210 Å². The molecule has 7 aliphatic rings. The van der Waals surface area contributed by atoms with Crippen LogP contribution in [0.5, 0.6) is 0 Å². The van der Waals surface area contributed by atoms with E-state index in [1.807, 2.05) is 6.92 Å². The van der Waals surface area contributed by atoms with Gasteiger partial charge >= 0.3 is 5.97 Å². The van der Waals surface area contributed by atoms with Gasteiger partial charge in [0.2, 0.25) is 0 Å². The van der Waals surface area contributed by atoms with E-state index in [1.54, 1.807) is 19.9 Å². The average molecular weight is 781 g/mol. The number of carbonyl (C=O) groups excluding carboxylic acids is 1. The highest BCUT2D eigenvalue weighted by Gasteiger charge is 2.64. The lowest BCUT2D eigenvalue weighted by molar-refractivity contribution is -0.335. The molecule has 6 fully saturated rings. The fourth-order valence-electron chi connectivity index (χ4n) is 11.8. The van der Waals surface area contributed by atoms with E-state index in [9.17, 15) is 30.3 Å². The number of esters is 1. The summed E-state index contributed by atoms with van der Waals surface area (Å²) in [4.78, 5) is 11.9. The Kier molecular flexibility index (Phi) is 13.1. The monoisotopic (exact) mass is 780 g/mol. The zero-order valence-electron chi connectivity index (χ0n) is 33.5. The minimum Gasteiger partial charge on any atom is -0.458 e. The Bertz CT molecular complexity index is 1310. The van der Waals surface area contributed by atoms with Crippen LogP contribution in [0.15, 0.2) is 11.6 Å². The van der Waals surface area contributed by atoms with Crippen molar-refractivity contribution in [3.63, 3.8) is 0 Å². The summed E-state index contributed by atoms with van der Waals surface area (Å²) in [7, 11) is 0. The van der Waals surface area contributed by atoms with Crippen molar-refractivity contribution in [2.75, 3.05) is 6.61 Å². The summed E-state index contributed by atoms with van der Waals surface area (Å²) in [6.07, 6.45) is 3.97. The van der Waals surface area contributed by atoms with Crippen LogP contribution in [-0.4, -0.2) is 124 Å². The van der Waals surface area contributed by atoms with Gasteiger partial charge in [-0.25, -0.2) is 4.79 Å². The zero-order chi connectivity index (χ0) is 39.2. The number of hydrogen-bond donors (Lipinski definition) is 5. The molecule has 3 aliphatic carbocycles. The van der Waals surface area contributed by atoms with Crippen LogP contribution in [0.2, 0.25) is 0 Å². The molecule has 55 heavy (non-hydrogen) atoms.